The number of nitrogens with zero attached hydrogens (tertiary/aromatic N) is 5. The number of nitrogens with two attached hydrogens (primary N) is 1. The zero-order valence-electron chi connectivity index (χ0n) is 17.2. The number of allylic oxidation sites excluding steroid dienone is 1. The monoisotopic (exact) mass is 479 g/mol. The molecule has 0 saturated carbocycles. The maximum atomic E-state index is 12.4. The average Bonchev–Trinajstić information content (AvgIpc) is 3.37. The molecule has 0 aliphatic carbocycles. The molecule has 0 spiro atoms. The Balaban J connectivity index is 1.69. The molecule has 3 aromatic rings. The number of anilines is 2. The molecule has 1 amide bonds. The smallest absolute Gasteiger partial charge is 0.350 e. The molecular weight excluding hydrogens is 458 g/mol. The fourth-order valence-electron chi connectivity index (χ4n) is 2.60. The summed E-state index contributed by atoms with van der Waals surface area (Å²) in [5, 5.41) is 12.5. The van der Waals surface area contributed by atoms with E-state index in [1.165, 1.54) is 23.1 Å². The molecule has 3 heterocycles. The van der Waals surface area contributed by atoms with Gasteiger partial charge in [0.05, 0.1) is 28.6 Å². The summed E-state index contributed by atoms with van der Waals surface area (Å²) in [7, 11) is 0. The molecule has 0 atom stereocenters. The van der Waals surface area contributed by atoms with Gasteiger partial charge in [-0.3, -0.25) is 9.36 Å². The van der Waals surface area contributed by atoms with Crippen molar-refractivity contribution in [3.63, 3.8) is 0 Å². The van der Waals surface area contributed by atoms with Crippen LogP contribution in [0.2, 0.25) is 0 Å². The number of rotatable bonds is 9. The van der Waals surface area contributed by atoms with Crippen molar-refractivity contribution in [2.45, 2.75) is 32.5 Å². The highest BCUT2D eigenvalue weighted by molar-refractivity contribution is 7.99. The summed E-state index contributed by atoms with van der Waals surface area (Å²) in [4.78, 5) is 34.0. The topological polar surface area (TPSA) is 138 Å². The number of thiazole rings is 2. The number of carbonyl (C=O) groups is 2. The normalized spacial score (nSPS) is 10.8. The summed E-state index contributed by atoms with van der Waals surface area (Å²) in [5.74, 6) is -0.00504. The van der Waals surface area contributed by atoms with E-state index in [0.717, 1.165) is 21.9 Å². The van der Waals surface area contributed by atoms with Gasteiger partial charge in [-0.05, 0) is 20.8 Å². The Kier molecular flexibility index (Phi) is 7.41. The maximum Gasteiger partial charge on any atom is 0.350 e. The van der Waals surface area contributed by atoms with Crippen molar-refractivity contribution < 1.29 is 14.3 Å². The van der Waals surface area contributed by atoms with Crippen LogP contribution in [-0.4, -0.2) is 49.0 Å². The van der Waals surface area contributed by atoms with E-state index in [2.05, 4.69) is 32.1 Å². The minimum absolute atomic E-state index is 0.0897. The van der Waals surface area contributed by atoms with Gasteiger partial charge in [0, 0.05) is 6.54 Å². The number of hydrogen-bond donors (Lipinski definition) is 2. The molecule has 0 aliphatic heterocycles. The Bertz CT molecular complexity index is 1120. The zero-order chi connectivity index (χ0) is 22.5. The van der Waals surface area contributed by atoms with Gasteiger partial charge < -0.3 is 15.8 Å². The van der Waals surface area contributed by atoms with Gasteiger partial charge in [0.1, 0.15) is 4.88 Å². The van der Waals surface area contributed by atoms with Crippen molar-refractivity contribution in [2.75, 3.05) is 23.4 Å². The molecule has 3 N–H and O–H groups in total. The predicted octanol–water partition coefficient (Wildman–Crippen LogP) is 3.15. The lowest BCUT2D eigenvalue weighted by molar-refractivity contribution is -0.113. The van der Waals surface area contributed by atoms with Crippen molar-refractivity contribution in [2.24, 2.45) is 0 Å². The van der Waals surface area contributed by atoms with Crippen molar-refractivity contribution in [1.29, 1.82) is 0 Å². The SMILES string of the molecule is C=CCn1c(SCC(=O)Nc2nc(C)c(C(=O)OCC)s2)nnc1-c1sc(N)nc1C. The third-order valence-corrected chi connectivity index (χ3v) is 6.88. The summed E-state index contributed by atoms with van der Waals surface area (Å²) in [5.41, 5.74) is 7.09. The second-order valence-electron chi connectivity index (χ2n) is 6.16. The fourth-order valence-corrected chi connectivity index (χ4v) is 5.05. The van der Waals surface area contributed by atoms with Gasteiger partial charge in [-0.1, -0.05) is 40.5 Å². The first-order valence-electron chi connectivity index (χ1n) is 9.18. The molecule has 10 nitrogen and oxygen atoms in total. The number of carbonyl (C=O) groups excluding carboxylic acids is 2. The molecule has 3 rings (SSSR count). The van der Waals surface area contributed by atoms with Crippen LogP contribution in [0.15, 0.2) is 17.8 Å². The molecule has 0 aliphatic rings. The van der Waals surface area contributed by atoms with Crippen LogP contribution in [0, 0.1) is 13.8 Å². The van der Waals surface area contributed by atoms with E-state index in [4.69, 9.17) is 10.5 Å². The van der Waals surface area contributed by atoms with E-state index in [1.54, 1.807) is 19.9 Å². The van der Waals surface area contributed by atoms with Crippen LogP contribution in [0.4, 0.5) is 10.3 Å². The maximum absolute atomic E-state index is 12.4. The summed E-state index contributed by atoms with van der Waals surface area (Å²) < 4.78 is 6.85. The number of aromatic nitrogens is 5. The van der Waals surface area contributed by atoms with Gasteiger partial charge >= 0.3 is 5.97 Å². The zero-order valence-corrected chi connectivity index (χ0v) is 19.6. The standard InChI is InChI=1S/C18H21N7O3S3/c1-5-7-25-14(12-9(3)20-16(19)30-12)23-24-18(25)29-8-11(26)22-17-21-10(4)13(31-17)15(27)28-6-2/h5H,1,6-8H2,2-4H3,(H2,19,20)(H,21,22,26). The van der Waals surface area contributed by atoms with Crippen LogP contribution in [0.5, 0.6) is 0 Å². The van der Waals surface area contributed by atoms with Gasteiger partial charge in [0.15, 0.2) is 21.2 Å². The number of amides is 1. The molecule has 0 fully saturated rings. The molecule has 13 heteroatoms. The number of thioether (sulfide) groups is 1. The second-order valence-corrected chi connectivity index (χ2v) is 9.14. The highest BCUT2D eigenvalue weighted by Gasteiger charge is 2.20. The molecule has 164 valence electrons. The summed E-state index contributed by atoms with van der Waals surface area (Å²) in [6.45, 7) is 9.81. The first-order valence-corrected chi connectivity index (χ1v) is 11.8. The van der Waals surface area contributed by atoms with Gasteiger partial charge in [-0.2, -0.15) is 0 Å². The van der Waals surface area contributed by atoms with E-state index < -0.39 is 5.97 Å². The number of nitrogen functional groups attached to an aromatic ring is 1. The third-order valence-electron chi connectivity index (χ3n) is 3.88. The van der Waals surface area contributed by atoms with E-state index in [0.29, 0.717) is 38.4 Å². The second kappa shape index (κ2) is 10.0. The van der Waals surface area contributed by atoms with Crippen LogP contribution in [0.1, 0.15) is 28.0 Å². The molecule has 0 saturated heterocycles. The van der Waals surface area contributed by atoms with E-state index in [-0.39, 0.29) is 18.3 Å². The Labute approximate surface area is 191 Å². The molecule has 31 heavy (non-hydrogen) atoms. The molecule has 0 bridgehead atoms. The van der Waals surface area contributed by atoms with Crippen LogP contribution < -0.4 is 11.1 Å². The highest BCUT2D eigenvalue weighted by Crippen LogP contribution is 2.32. The van der Waals surface area contributed by atoms with Gasteiger partial charge in [0.2, 0.25) is 5.91 Å². The number of aryl methyl sites for hydroxylation is 2. The van der Waals surface area contributed by atoms with Gasteiger partial charge in [0.25, 0.3) is 0 Å². The lowest BCUT2D eigenvalue weighted by Gasteiger charge is -2.06. The van der Waals surface area contributed by atoms with Crippen molar-refractivity contribution >= 4 is 56.6 Å². The minimum atomic E-state index is -0.448. The molecule has 0 aromatic carbocycles. The molecule has 0 radical (unpaired) electrons. The Morgan fingerprint density at radius 1 is 1.26 bits per heavy atom. The Morgan fingerprint density at radius 3 is 2.68 bits per heavy atom. The third kappa shape index (κ3) is 5.29. The molecule has 0 unspecified atom stereocenters. The van der Waals surface area contributed by atoms with Gasteiger partial charge in [-0.25, -0.2) is 14.8 Å². The van der Waals surface area contributed by atoms with Crippen LogP contribution in [-0.2, 0) is 16.1 Å². The fraction of sp³-hybridized carbons (Fsp3) is 0.333. The van der Waals surface area contributed by atoms with E-state index in [9.17, 15) is 9.59 Å². The van der Waals surface area contributed by atoms with Crippen molar-refractivity contribution in [3.05, 3.63) is 28.9 Å². The predicted molar refractivity (Wildman–Crippen MR) is 123 cm³/mol. The summed E-state index contributed by atoms with van der Waals surface area (Å²) in [6, 6.07) is 0. The van der Waals surface area contributed by atoms with Crippen LogP contribution >= 0.6 is 34.4 Å². The lowest BCUT2D eigenvalue weighted by atomic mass is 10.4. The molecule has 3 aromatic heterocycles. The number of nitrogens with one attached hydrogen (secondary N) is 1. The minimum Gasteiger partial charge on any atom is -0.462 e. The van der Waals surface area contributed by atoms with Crippen LogP contribution in [0.25, 0.3) is 10.7 Å². The highest BCUT2D eigenvalue weighted by atomic mass is 32.2. The summed E-state index contributed by atoms with van der Waals surface area (Å²) in [6.07, 6.45) is 1.73. The van der Waals surface area contributed by atoms with Crippen molar-refractivity contribution in [3.8, 4) is 10.7 Å². The first kappa shape index (κ1) is 22.9. The van der Waals surface area contributed by atoms with Crippen LogP contribution in [0.3, 0.4) is 0 Å². The summed E-state index contributed by atoms with van der Waals surface area (Å²) >= 11 is 3.65. The number of hydrogen-bond acceptors (Lipinski definition) is 11. The largest absolute Gasteiger partial charge is 0.462 e. The average molecular weight is 480 g/mol. The molecular formula is C18H21N7O3S3. The quantitative estimate of drug-likeness (QED) is 0.269. The van der Waals surface area contributed by atoms with E-state index >= 15 is 0 Å². The van der Waals surface area contributed by atoms with Gasteiger partial charge in [-0.15, -0.1) is 16.8 Å². The van der Waals surface area contributed by atoms with E-state index in [1.807, 2.05) is 11.5 Å². The Morgan fingerprint density at radius 2 is 2.03 bits per heavy atom. The Hall–Kier alpha value is -2.77. The number of ether oxygens (including phenoxy) is 1. The number of esters is 1. The first-order chi connectivity index (χ1) is 14.8. The lowest BCUT2D eigenvalue weighted by Crippen LogP contribution is -2.14. The van der Waals surface area contributed by atoms with Crippen molar-refractivity contribution in [1.82, 2.24) is 24.7 Å².